The van der Waals surface area contributed by atoms with Gasteiger partial charge in [0, 0.05) is 19.7 Å². The van der Waals surface area contributed by atoms with Crippen LogP contribution in [0.15, 0.2) is 27.8 Å². The highest BCUT2D eigenvalue weighted by atomic mass is 16.6. The molecule has 1 aromatic carbocycles. The molecule has 1 heterocycles. The zero-order valence-electron chi connectivity index (χ0n) is 14.7. The van der Waals surface area contributed by atoms with Crippen molar-refractivity contribution in [3.8, 4) is 0 Å². The van der Waals surface area contributed by atoms with Gasteiger partial charge in [-0.05, 0) is 13.0 Å². The molecule has 0 amide bonds. The van der Waals surface area contributed by atoms with E-state index in [1.807, 2.05) is 0 Å². The number of hydrogen-bond donors (Lipinski definition) is 1. The molecule has 0 aliphatic carbocycles. The van der Waals surface area contributed by atoms with Gasteiger partial charge in [-0.25, -0.2) is 9.59 Å². The molecule has 11 nitrogen and oxygen atoms in total. The Morgan fingerprint density at radius 1 is 1.22 bits per heavy atom. The van der Waals surface area contributed by atoms with Crippen molar-refractivity contribution in [2.75, 3.05) is 12.3 Å². The van der Waals surface area contributed by atoms with Crippen LogP contribution in [0.4, 0.5) is 11.5 Å². The van der Waals surface area contributed by atoms with Crippen molar-refractivity contribution in [3.63, 3.8) is 0 Å². The van der Waals surface area contributed by atoms with E-state index in [-0.39, 0.29) is 16.9 Å². The number of nitro groups is 1. The van der Waals surface area contributed by atoms with Gasteiger partial charge in [-0.1, -0.05) is 12.1 Å². The number of aryl methyl sites for hydroxylation is 1. The molecule has 0 unspecified atom stereocenters. The third kappa shape index (κ3) is 3.47. The number of ketones is 1. The molecule has 0 spiro atoms. The van der Waals surface area contributed by atoms with E-state index >= 15 is 0 Å². The number of anilines is 1. The van der Waals surface area contributed by atoms with Crippen LogP contribution in [0.1, 0.15) is 26.3 Å². The van der Waals surface area contributed by atoms with Crippen molar-refractivity contribution < 1.29 is 19.2 Å². The number of nitrogens with zero attached hydrogens (tertiary/aromatic N) is 3. The van der Waals surface area contributed by atoms with Crippen molar-refractivity contribution in [2.45, 2.75) is 6.92 Å². The Kier molecular flexibility index (Phi) is 5.24. The van der Waals surface area contributed by atoms with Crippen molar-refractivity contribution in [1.29, 1.82) is 0 Å². The number of benzene rings is 1. The van der Waals surface area contributed by atoms with Gasteiger partial charge >= 0.3 is 11.7 Å². The minimum absolute atomic E-state index is 0.247. The van der Waals surface area contributed by atoms with E-state index in [9.17, 15) is 29.3 Å². The molecule has 1 aromatic heterocycles. The minimum atomic E-state index is -1.10. The van der Waals surface area contributed by atoms with Crippen molar-refractivity contribution in [2.24, 2.45) is 14.1 Å². The SMILES string of the molecule is Cc1cccc(C(=O)OCC(=O)c2c(N)n(C)c(=O)n(C)c2=O)c1[N+](=O)[O-]. The van der Waals surface area contributed by atoms with Crippen LogP contribution >= 0.6 is 0 Å². The van der Waals surface area contributed by atoms with E-state index in [1.54, 1.807) is 0 Å². The molecule has 2 aromatic rings. The summed E-state index contributed by atoms with van der Waals surface area (Å²) in [5.74, 6) is -2.41. The highest BCUT2D eigenvalue weighted by Gasteiger charge is 2.26. The number of nitro benzene ring substituents is 1. The second-order valence-corrected chi connectivity index (χ2v) is 5.69. The summed E-state index contributed by atoms with van der Waals surface area (Å²) in [5.41, 5.74) is 2.98. The van der Waals surface area contributed by atoms with Crippen molar-refractivity contribution in [1.82, 2.24) is 9.13 Å². The molecular formula is C16H16N4O7. The molecule has 0 radical (unpaired) electrons. The lowest BCUT2D eigenvalue weighted by atomic mass is 10.1. The summed E-state index contributed by atoms with van der Waals surface area (Å²) in [4.78, 5) is 58.8. The number of nitrogens with two attached hydrogens (primary N) is 1. The van der Waals surface area contributed by atoms with E-state index in [0.717, 1.165) is 4.57 Å². The fourth-order valence-electron chi connectivity index (χ4n) is 2.47. The Bertz CT molecular complexity index is 1080. The quantitative estimate of drug-likeness (QED) is 0.329. The number of Topliss-reactive ketones (excluding diaryl/α,β-unsaturated/α-hetero) is 1. The molecule has 0 aliphatic rings. The van der Waals surface area contributed by atoms with E-state index in [1.165, 1.54) is 39.2 Å². The fraction of sp³-hybridized carbons (Fsp3) is 0.250. The van der Waals surface area contributed by atoms with Crippen LogP contribution in [0.25, 0.3) is 0 Å². The Labute approximate surface area is 151 Å². The van der Waals surface area contributed by atoms with Crippen LogP contribution in [0.3, 0.4) is 0 Å². The van der Waals surface area contributed by atoms with Crippen LogP contribution in [0.5, 0.6) is 0 Å². The summed E-state index contributed by atoms with van der Waals surface area (Å²) in [7, 11) is 2.44. The highest BCUT2D eigenvalue weighted by molar-refractivity contribution is 6.02. The molecule has 27 heavy (non-hydrogen) atoms. The van der Waals surface area contributed by atoms with Crippen LogP contribution < -0.4 is 17.0 Å². The second-order valence-electron chi connectivity index (χ2n) is 5.69. The smallest absolute Gasteiger partial charge is 0.345 e. The Hall–Kier alpha value is -3.76. The first-order valence-electron chi connectivity index (χ1n) is 7.57. The summed E-state index contributed by atoms with van der Waals surface area (Å²) in [6.07, 6.45) is 0. The zero-order chi connectivity index (χ0) is 20.5. The van der Waals surface area contributed by atoms with Gasteiger partial charge in [-0.2, -0.15) is 0 Å². The van der Waals surface area contributed by atoms with Gasteiger partial charge in [0.25, 0.3) is 11.2 Å². The molecule has 0 aliphatic heterocycles. The molecule has 142 valence electrons. The maximum absolute atomic E-state index is 12.3. The Morgan fingerprint density at radius 3 is 2.44 bits per heavy atom. The first kappa shape index (κ1) is 19.6. The number of nitrogen functional groups attached to an aromatic ring is 1. The zero-order valence-corrected chi connectivity index (χ0v) is 14.7. The van der Waals surface area contributed by atoms with Gasteiger partial charge in [0.05, 0.1) is 4.92 Å². The lowest BCUT2D eigenvalue weighted by Gasteiger charge is -2.11. The van der Waals surface area contributed by atoms with Crippen LogP contribution in [0.2, 0.25) is 0 Å². The van der Waals surface area contributed by atoms with E-state index in [4.69, 9.17) is 10.5 Å². The number of aromatic nitrogens is 2. The third-order valence-electron chi connectivity index (χ3n) is 3.96. The number of rotatable bonds is 5. The fourth-order valence-corrected chi connectivity index (χ4v) is 2.47. The first-order chi connectivity index (χ1) is 12.6. The van der Waals surface area contributed by atoms with Gasteiger partial charge in [0.2, 0.25) is 5.78 Å². The number of hydrogen-bond acceptors (Lipinski definition) is 8. The normalized spacial score (nSPS) is 10.5. The van der Waals surface area contributed by atoms with Gasteiger partial charge in [0.15, 0.2) is 6.61 Å². The lowest BCUT2D eigenvalue weighted by Crippen LogP contribution is -2.42. The van der Waals surface area contributed by atoms with Crippen LogP contribution in [0, 0.1) is 17.0 Å². The molecule has 0 saturated heterocycles. The molecule has 2 rings (SSSR count). The molecule has 0 bridgehead atoms. The maximum Gasteiger partial charge on any atom is 0.345 e. The van der Waals surface area contributed by atoms with E-state index < -0.39 is 45.8 Å². The molecule has 0 atom stereocenters. The highest BCUT2D eigenvalue weighted by Crippen LogP contribution is 2.23. The first-order valence-corrected chi connectivity index (χ1v) is 7.57. The second kappa shape index (κ2) is 7.23. The predicted molar refractivity (Wildman–Crippen MR) is 93.8 cm³/mol. The topological polar surface area (TPSA) is 157 Å². The van der Waals surface area contributed by atoms with Crippen molar-refractivity contribution in [3.05, 3.63) is 65.8 Å². The molecule has 2 N–H and O–H groups in total. The van der Waals surface area contributed by atoms with Gasteiger partial charge in [-0.3, -0.25) is 28.8 Å². The monoisotopic (exact) mass is 376 g/mol. The number of carbonyl (C=O) groups excluding carboxylic acids is 2. The average Bonchev–Trinajstić information content (AvgIpc) is 2.62. The van der Waals surface area contributed by atoms with Crippen LogP contribution in [-0.2, 0) is 18.8 Å². The number of carbonyl (C=O) groups is 2. The average molecular weight is 376 g/mol. The standard InChI is InChI=1S/C16H16N4O7/c1-8-5-4-6-9(12(8)20(25)26)15(23)27-7-10(21)11-13(17)18(2)16(24)19(3)14(11)22/h4-6H,7,17H2,1-3H3. The molecule has 11 heteroatoms. The maximum atomic E-state index is 12.3. The molecular weight excluding hydrogens is 360 g/mol. The number of ether oxygens (including phenoxy) is 1. The number of esters is 1. The van der Waals surface area contributed by atoms with E-state index in [0.29, 0.717) is 4.57 Å². The summed E-state index contributed by atoms with van der Waals surface area (Å²) in [5, 5.41) is 11.1. The molecule has 0 fully saturated rings. The Balaban J connectivity index is 2.32. The van der Waals surface area contributed by atoms with Gasteiger partial charge in [-0.15, -0.1) is 0 Å². The lowest BCUT2D eigenvalue weighted by molar-refractivity contribution is -0.385. The summed E-state index contributed by atoms with van der Waals surface area (Å²) in [6.45, 7) is 0.580. The third-order valence-corrected chi connectivity index (χ3v) is 3.96. The summed E-state index contributed by atoms with van der Waals surface area (Å²) >= 11 is 0. The summed E-state index contributed by atoms with van der Waals surface area (Å²) in [6, 6.07) is 4.08. The number of para-hydroxylation sites is 1. The largest absolute Gasteiger partial charge is 0.453 e. The molecule has 0 saturated carbocycles. The summed E-state index contributed by atoms with van der Waals surface area (Å²) < 4.78 is 6.42. The minimum Gasteiger partial charge on any atom is -0.453 e. The van der Waals surface area contributed by atoms with Crippen LogP contribution in [-0.4, -0.2) is 32.4 Å². The predicted octanol–water partition coefficient (Wildman–Crippen LogP) is -0.0775. The Morgan fingerprint density at radius 2 is 1.85 bits per heavy atom. The van der Waals surface area contributed by atoms with Gasteiger partial charge in [0.1, 0.15) is 16.9 Å². The van der Waals surface area contributed by atoms with Crippen molar-refractivity contribution >= 4 is 23.3 Å². The van der Waals surface area contributed by atoms with Gasteiger partial charge < -0.3 is 10.5 Å². The van der Waals surface area contributed by atoms with E-state index in [2.05, 4.69) is 0 Å².